The number of rotatable bonds is 3. The summed E-state index contributed by atoms with van der Waals surface area (Å²) >= 11 is 0. The molecule has 2 aromatic rings. The number of hydrogen-bond acceptors (Lipinski definition) is 5. The summed E-state index contributed by atoms with van der Waals surface area (Å²) in [5.41, 5.74) is 10.1. The van der Waals surface area contributed by atoms with Gasteiger partial charge in [-0.3, -0.25) is 9.80 Å². The molecule has 0 bridgehead atoms. The van der Waals surface area contributed by atoms with Gasteiger partial charge >= 0.3 is 0 Å². The van der Waals surface area contributed by atoms with Crippen LogP contribution in [0.3, 0.4) is 0 Å². The third-order valence-corrected chi connectivity index (χ3v) is 5.03. The number of anilines is 1. The molecule has 0 saturated carbocycles. The van der Waals surface area contributed by atoms with Crippen molar-refractivity contribution in [2.45, 2.75) is 32.7 Å². The lowest BCUT2D eigenvalue weighted by Gasteiger charge is -2.36. The van der Waals surface area contributed by atoms with Crippen LogP contribution in [0.2, 0.25) is 0 Å². The zero-order chi connectivity index (χ0) is 19.0. The lowest BCUT2D eigenvalue weighted by molar-refractivity contribution is -0.117. The standard InChI is InChI=1S/C21H24N4O2/c1-14-9-10-18-20(25(14)15(2)26)12-11-17(19-13-24(3)23-22-19)21(18)27-16-7-5-4-6-8-16/h4-8,11-14,22-23H,9-10H2,1-3H3/t14-/m0/s1. The molecule has 2 aromatic carbocycles. The fourth-order valence-electron chi connectivity index (χ4n) is 3.76. The second-order valence-electron chi connectivity index (χ2n) is 7.02. The van der Waals surface area contributed by atoms with E-state index >= 15 is 0 Å². The van der Waals surface area contributed by atoms with Gasteiger partial charge in [0.25, 0.3) is 0 Å². The summed E-state index contributed by atoms with van der Waals surface area (Å²) in [6.07, 6.45) is 3.76. The van der Waals surface area contributed by atoms with Crippen molar-refractivity contribution < 1.29 is 9.53 Å². The van der Waals surface area contributed by atoms with Crippen LogP contribution in [0.25, 0.3) is 5.70 Å². The minimum atomic E-state index is 0.0569. The summed E-state index contributed by atoms with van der Waals surface area (Å²) in [5.74, 6) is 1.63. The van der Waals surface area contributed by atoms with Gasteiger partial charge in [-0.25, -0.2) is 0 Å². The third kappa shape index (κ3) is 3.24. The normalized spacial score (nSPS) is 18.6. The van der Waals surface area contributed by atoms with Crippen LogP contribution >= 0.6 is 0 Å². The maximum atomic E-state index is 12.3. The van der Waals surface area contributed by atoms with Crippen molar-refractivity contribution in [1.82, 2.24) is 16.0 Å². The van der Waals surface area contributed by atoms with Gasteiger partial charge in [-0.2, -0.15) is 0 Å². The third-order valence-electron chi connectivity index (χ3n) is 5.03. The zero-order valence-electron chi connectivity index (χ0n) is 15.8. The van der Waals surface area contributed by atoms with E-state index in [2.05, 4.69) is 17.9 Å². The van der Waals surface area contributed by atoms with Gasteiger partial charge in [0.15, 0.2) is 0 Å². The average Bonchev–Trinajstić information content (AvgIpc) is 3.08. The molecule has 0 aromatic heterocycles. The molecule has 2 aliphatic rings. The Bertz CT molecular complexity index is 895. The van der Waals surface area contributed by atoms with E-state index in [0.29, 0.717) is 0 Å². The van der Waals surface area contributed by atoms with Crippen molar-refractivity contribution in [1.29, 1.82) is 0 Å². The number of hydrogen-bond donors (Lipinski definition) is 2. The predicted octanol–water partition coefficient (Wildman–Crippen LogP) is 3.42. The SMILES string of the molecule is CC(=O)N1c2ccc(C3=CN(C)NN3)c(Oc3ccccc3)c2CC[C@@H]1C. The van der Waals surface area contributed by atoms with Crippen LogP contribution in [0, 0.1) is 0 Å². The first-order valence-electron chi connectivity index (χ1n) is 9.20. The van der Waals surface area contributed by atoms with Gasteiger partial charge in [0.05, 0.1) is 11.4 Å². The van der Waals surface area contributed by atoms with Gasteiger partial charge in [-0.1, -0.05) is 18.2 Å². The summed E-state index contributed by atoms with van der Waals surface area (Å²) in [5, 5.41) is 1.85. The van der Waals surface area contributed by atoms with Gasteiger partial charge in [0.2, 0.25) is 5.91 Å². The molecule has 1 amide bonds. The molecular weight excluding hydrogens is 340 g/mol. The second-order valence-corrected chi connectivity index (χ2v) is 7.02. The van der Waals surface area contributed by atoms with Crippen molar-refractivity contribution in [2.75, 3.05) is 11.9 Å². The average molecular weight is 364 g/mol. The van der Waals surface area contributed by atoms with Crippen LogP contribution in [0.4, 0.5) is 5.69 Å². The zero-order valence-corrected chi connectivity index (χ0v) is 15.8. The summed E-state index contributed by atoms with van der Waals surface area (Å²) in [7, 11) is 1.93. The Balaban J connectivity index is 1.86. The molecule has 2 N–H and O–H groups in total. The van der Waals surface area contributed by atoms with Gasteiger partial charge in [0.1, 0.15) is 11.5 Å². The molecule has 0 saturated heterocycles. The number of carbonyl (C=O) groups excluding carboxylic acids is 1. The minimum Gasteiger partial charge on any atom is -0.456 e. The van der Waals surface area contributed by atoms with Crippen molar-refractivity contribution in [2.24, 2.45) is 0 Å². The number of carbonyl (C=O) groups is 1. The van der Waals surface area contributed by atoms with Gasteiger partial charge in [-0.15, -0.1) is 5.53 Å². The molecule has 140 valence electrons. The summed E-state index contributed by atoms with van der Waals surface area (Å²) < 4.78 is 6.35. The number of nitrogens with one attached hydrogen (secondary N) is 2. The van der Waals surface area contributed by atoms with Crippen LogP contribution in [-0.4, -0.2) is 24.0 Å². The first-order valence-corrected chi connectivity index (χ1v) is 9.20. The molecule has 27 heavy (non-hydrogen) atoms. The fourth-order valence-corrected chi connectivity index (χ4v) is 3.76. The van der Waals surface area contributed by atoms with Crippen LogP contribution in [0.5, 0.6) is 11.5 Å². The van der Waals surface area contributed by atoms with E-state index in [4.69, 9.17) is 4.74 Å². The fraction of sp³-hybridized carbons (Fsp3) is 0.286. The molecule has 6 nitrogen and oxygen atoms in total. The number of nitrogens with zero attached hydrogens (tertiary/aromatic N) is 2. The molecule has 0 aliphatic carbocycles. The van der Waals surface area contributed by atoms with E-state index in [9.17, 15) is 4.79 Å². The highest BCUT2D eigenvalue weighted by Crippen LogP contribution is 2.43. The van der Waals surface area contributed by atoms with Crippen molar-refractivity contribution in [3.05, 3.63) is 59.8 Å². The summed E-state index contributed by atoms with van der Waals surface area (Å²) in [6.45, 7) is 3.72. The second kappa shape index (κ2) is 6.96. The molecule has 0 spiro atoms. The topological polar surface area (TPSA) is 56.8 Å². The van der Waals surface area contributed by atoms with Crippen molar-refractivity contribution in [3.8, 4) is 11.5 Å². The van der Waals surface area contributed by atoms with E-state index in [1.807, 2.05) is 65.6 Å². The van der Waals surface area contributed by atoms with Crippen molar-refractivity contribution in [3.63, 3.8) is 0 Å². The number of hydrazine groups is 2. The largest absolute Gasteiger partial charge is 0.456 e. The van der Waals surface area contributed by atoms with E-state index in [1.165, 1.54) is 0 Å². The Morgan fingerprint density at radius 1 is 1.19 bits per heavy atom. The van der Waals surface area contributed by atoms with E-state index in [-0.39, 0.29) is 11.9 Å². The van der Waals surface area contributed by atoms with Gasteiger partial charge in [-0.05, 0) is 44.0 Å². The van der Waals surface area contributed by atoms with E-state index in [0.717, 1.165) is 46.9 Å². The highest BCUT2D eigenvalue weighted by atomic mass is 16.5. The Morgan fingerprint density at radius 3 is 2.63 bits per heavy atom. The molecule has 4 rings (SSSR count). The molecule has 0 fully saturated rings. The number of ether oxygens (including phenoxy) is 1. The van der Waals surface area contributed by atoms with Crippen molar-refractivity contribution >= 4 is 17.3 Å². The Morgan fingerprint density at radius 2 is 1.96 bits per heavy atom. The number of para-hydroxylation sites is 1. The quantitative estimate of drug-likeness (QED) is 0.874. The number of benzene rings is 2. The lowest BCUT2D eigenvalue weighted by atomic mass is 9.93. The Labute approximate surface area is 159 Å². The highest BCUT2D eigenvalue weighted by Gasteiger charge is 2.30. The Hall–Kier alpha value is -2.99. The molecule has 0 radical (unpaired) electrons. The molecule has 2 aliphatic heterocycles. The monoisotopic (exact) mass is 364 g/mol. The smallest absolute Gasteiger partial charge is 0.224 e. The van der Waals surface area contributed by atoms with Crippen LogP contribution < -0.4 is 20.6 Å². The summed E-state index contributed by atoms with van der Waals surface area (Å²) in [4.78, 5) is 14.1. The highest BCUT2D eigenvalue weighted by molar-refractivity contribution is 5.94. The number of amides is 1. The molecule has 2 heterocycles. The van der Waals surface area contributed by atoms with E-state index < -0.39 is 0 Å². The lowest BCUT2D eigenvalue weighted by Crippen LogP contribution is -2.40. The van der Waals surface area contributed by atoms with Gasteiger partial charge < -0.3 is 15.1 Å². The van der Waals surface area contributed by atoms with E-state index in [1.54, 1.807) is 6.92 Å². The molecular formula is C21H24N4O2. The number of fused-ring (bicyclic) bond motifs is 1. The first kappa shape index (κ1) is 17.4. The van der Waals surface area contributed by atoms with Crippen LogP contribution in [0.15, 0.2) is 48.7 Å². The van der Waals surface area contributed by atoms with Crippen LogP contribution in [-0.2, 0) is 11.2 Å². The van der Waals surface area contributed by atoms with Crippen LogP contribution in [0.1, 0.15) is 31.4 Å². The molecule has 6 heteroatoms. The maximum absolute atomic E-state index is 12.3. The molecule has 0 unspecified atom stereocenters. The molecule has 1 atom stereocenters. The van der Waals surface area contributed by atoms with Gasteiger partial charge in [0, 0.05) is 37.3 Å². The maximum Gasteiger partial charge on any atom is 0.224 e. The Kier molecular flexibility index (Phi) is 4.49. The predicted molar refractivity (Wildman–Crippen MR) is 106 cm³/mol. The first-order chi connectivity index (χ1) is 13.0. The minimum absolute atomic E-state index is 0.0569. The summed E-state index contributed by atoms with van der Waals surface area (Å²) in [6, 6.07) is 14.0.